The van der Waals surface area contributed by atoms with E-state index in [1.54, 1.807) is 18.2 Å². The van der Waals surface area contributed by atoms with Crippen molar-refractivity contribution in [1.82, 2.24) is 4.98 Å². The fraction of sp³-hybridized carbons (Fsp3) is 0.100. The maximum Gasteiger partial charge on any atom is 0.351 e. The third-order valence-corrected chi connectivity index (χ3v) is 4.86. The van der Waals surface area contributed by atoms with Crippen molar-refractivity contribution in [2.75, 3.05) is 19.5 Å². The van der Waals surface area contributed by atoms with E-state index in [-0.39, 0.29) is 11.6 Å². The number of pyridine rings is 1. The summed E-state index contributed by atoms with van der Waals surface area (Å²) in [5.41, 5.74) is 2.80. The average Bonchev–Trinajstić information content (AvgIpc) is 3.17. The first-order valence-electron chi connectivity index (χ1n) is 8.09. The number of thiophene rings is 1. The Balaban J connectivity index is 1.78. The lowest BCUT2D eigenvalue weighted by Crippen LogP contribution is -2.12. The van der Waals surface area contributed by atoms with Gasteiger partial charge in [-0.3, -0.25) is 4.79 Å². The molecule has 1 N–H and O–H groups in total. The lowest BCUT2D eigenvalue weighted by Gasteiger charge is -2.08. The number of hydrogen-bond donors (Lipinski definition) is 1. The highest BCUT2D eigenvalue weighted by Crippen LogP contribution is 2.38. The number of nitrogens with zero attached hydrogens (tertiary/aromatic N) is 2. The minimum Gasteiger partial charge on any atom is -0.494 e. The molecule has 2 aromatic heterocycles. The Bertz CT molecular complexity index is 1050. The van der Waals surface area contributed by atoms with Crippen molar-refractivity contribution >= 4 is 28.9 Å². The van der Waals surface area contributed by atoms with Gasteiger partial charge in [0.25, 0.3) is 5.91 Å². The second kappa shape index (κ2) is 8.33. The van der Waals surface area contributed by atoms with E-state index in [4.69, 9.17) is 14.7 Å². The van der Waals surface area contributed by atoms with Crippen LogP contribution in [0.3, 0.4) is 0 Å². The maximum absolute atomic E-state index is 12.3. The number of rotatable bonds is 5. The lowest BCUT2D eigenvalue weighted by molar-refractivity contribution is 0.0603. The van der Waals surface area contributed by atoms with Crippen molar-refractivity contribution in [3.8, 4) is 22.9 Å². The number of nitrogens with one attached hydrogen (secondary N) is 1. The van der Waals surface area contributed by atoms with Crippen LogP contribution in [0.5, 0.6) is 5.75 Å². The van der Waals surface area contributed by atoms with E-state index in [9.17, 15) is 9.59 Å². The van der Waals surface area contributed by atoms with E-state index in [1.807, 2.05) is 23.6 Å². The Hall–Kier alpha value is -3.70. The Morgan fingerprint density at radius 3 is 2.46 bits per heavy atom. The molecular formula is C20H15N3O4S. The highest BCUT2D eigenvalue weighted by atomic mass is 32.1. The van der Waals surface area contributed by atoms with Gasteiger partial charge < -0.3 is 14.8 Å². The summed E-state index contributed by atoms with van der Waals surface area (Å²) in [6.45, 7) is 0. The first-order valence-corrected chi connectivity index (χ1v) is 8.97. The number of esters is 1. The van der Waals surface area contributed by atoms with E-state index in [2.05, 4.69) is 10.3 Å². The van der Waals surface area contributed by atoms with E-state index >= 15 is 0 Å². The number of aromatic nitrogens is 1. The predicted octanol–water partition coefficient (Wildman–Crippen LogP) is 3.73. The van der Waals surface area contributed by atoms with Crippen LogP contribution in [0.4, 0.5) is 5.69 Å². The molecule has 0 atom stereocenters. The normalized spacial score (nSPS) is 10.0. The van der Waals surface area contributed by atoms with E-state index in [0.717, 1.165) is 11.1 Å². The quantitative estimate of drug-likeness (QED) is 0.663. The first kappa shape index (κ1) is 19.1. The number of ether oxygens (including phenoxy) is 2. The van der Waals surface area contributed by atoms with Gasteiger partial charge in [0.15, 0.2) is 10.6 Å². The topological polar surface area (TPSA) is 101 Å². The Morgan fingerprint density at radius 1 is 1.14 bits per heavy atom. The van der Waals surface area contributed by atoms with Gasteiger partial charge in [0.05, 0.1) is 19.8 Å². The zero-order valence-corrected chi connectivity index (χ0v) is 15.9. The minimum absolute atomic E-state index is 0.247. The molecule has 0 aliphatic carbocycles. The molecule has 140 valence electrons. The summed E-state index contributed by atoms with van der Waals surface area (Å²) in [6.07, 6.45) is 1.35. The number of benzene rings is 1. The third-order valence-electron chi connectivity index (χ3n) is 3.91. The van der Waals surface area contributed by atoms with Crippen LogP contribution in [0.25, 0.3) is 11.1 Å². The molecule has 1 amide bonds. The standard InChI is InChI=1S/C20H15N3O4S/c1-26-17-16(11-28-18(17)20(25)27-2)12-3-6-14(7-4-12)23-19(24)13-5-8-15(9-21)22-10-13/h3-8,10-11H,1-2H3,(H,23,24). The molecule has 3 rings (SSSR count). The number of nitriles is 1. The smallest absolute Gasteiger partial charge is 0.351 e. The number of amides is 1. The Kier molecular flexibility index (Phi) is 5.67. The highest BCUT2D eigenvalue weighted by molar-refractivity contribution is 7.12. The van der Waals surface area contributed by atoms with Gasteiger partial charge in [-0.25, -0.2) is 9.78 Å². The highest BCUT2D eigenvalue weighted by Gasteiger charge is 2.20. The van der Waals surface area contributed by atoms with Crippen LogP contribution in [-0.4, -0.2) is 31.1 Å². The molecule has 1 aromatic carbocycles. The van der Waals surface area contributed by atoms with Crippen molar-refractivity contribution in [1.29, 1.82) is 5.26 Å². The Morgan fingerprint density at radius 2 is 1.89 bits per heavy atom. The molecule has 2 heterocycles. The van der Waals surface area contributed by atoms with Crippen molar-refractivity contribution < 1.29 is 19.1 Å². The van der Waals surface area contributed by atoms with Crippen LogP contribution in [0.2, 0.25) is 0 Å². The summed E-state index contributed by atoms with van der Waals surface area (Å²) < 4.78 is 10.1. The van der Waals surface area contributed by atoms with Gasteiger partial charge >= 0.3 is 5.97 Å². The van der Waals surface area contributed by atoms with E-state index < -0.39 is 5.97 Å². The molecule has 0 fully saturated rings. The molecule has 0 radical (unpaired) electrons. The molecule has 0 aliphatic rings. The summed E-state index contributed by atoms with van der Waals surface area (Å²) in [5, 5.41) is 13.4. The second-order valence-electron chi connectivity index (χ2n) is 5.58. The third kappa shape index (κ3) is 3.84. The maximum atomic E-state index is 12.3. The molecule has 3 aromatic rings. The van der Waals surface area contributed by atoms with Crippen LogP contribution in [0.15, 0.2) is 48.0 Å². The van der Waals surface area contributed by atoms with Crippen LogP contribution in [-0.2, 0) is 4.74 Å². The Labute approximate surface area is 165 Å². The zero-order chi connectivity index (χ0) is 20.1. The SMILES string of the molecule is COC(=O)c1scc(-c2ccc(NC(=O)c3ccc(C#N)nc3)cc2)c1OC. The number of carbonyl (C=O) groups is 2. The summed E-state index contributed by atoms with van der Waals surface area (Å²) in [5.74, 6) is -0.323. The molecule has 0 saturated carbocycles. The van der Waals surface area contributed by atoms with Crippen LogP contribution in [0.1, 0.15) is 25.7 Å². The van der Waals surface area contributed by atoms with Gasteiger partial charge in [-0.05, 0) is 29.8 Å². The van der Waals surface area contributed by atoms with Crippen molar-refractivity contribution in [3.05, 3.63) is 64.1 Å². The van der Waals surface area contributed by atoms with Gasteiger partial charge in [-0.1, -0.05) is 12.1 Å². The number of hydrogen-bond acceptors (Lipinski definition) is 7. The van der Waals surface area contributed by atoms with Gasteiger partial charge in [0.1, 0.15) is 11.8 Å². The zero-order valence-electron chi connectivity index (χ0n) is 15.1. The fourth-order valence-electron chi connectivity index (χ4n) is 2.51. The molecule has 8 heteroatoms. The molecule has 0 saturated heterocycles. The first-order chi connectivity index (χ1) is 13.6. The average molecular weight is 393 g/mol. The largest absolute Gasteiger partial charge is 0.494 e. The molecule has 0 spiro atoms. The summed E-state index contributed by atoms with van der Waals surface area (Å²) >= 11 is 1.24. The van der Waals surface area contributed by atoms with Crippen molar-refractivity contribution in [2.24, 2.45) is 0 Å². The minimum atomic E-state index is -0.451. The van der Waals surface area contributed by atoms with Crippen molar-refractivity contribution in [2.45, 2.75) is 0 Å². The number of methoxy groups -OCH3 is 2. The number of anilines is 1. The lowest BCUT2D eigenvalue weighted by atomic mass is 10.1. The van der Waals surface area contributed by atoms with Gasteiger partial charge in [0, 0.05) is 22.8 Å². The monoisotopic (exact) mass is 393 g/mol. The molecule has 7 nitrogen and oxygen atoms in total. The molecular weight excluding hydrogens is 378 g/mol. The van der Waals surface area contributed by atoms with Gasteiger partial charge in [-0.2, -0.15) is 5.26 Å². The summed E-state index contributed by atoms with van der Waals surface area (Å²) in [4.78, 5) is 28.4. The van der Waals surface area contributed by atoms with Crippen LogP contribution in [0, 0.1) is 11.3 Å². The predicted molar refractivity (Wildman–Crippen MR) is 105 cm³/mol. The molecule has 0 unspecified atom stereocenters. The summed E-state index contributed by atoms with van der Waals surface area (Å²) in [7, 11) is 2.82. The molecule has 28 heavy (non-hydrogen) atoms. The van der Waals surface area contributed by atoms with Gasteiger partial charge in [0.2, 0.25) is 0 Å². The molecule has 0 aliphatic heterocycles. The second-order valence-corrected chi connectivity index (χ2v) is 6.46. The van der Waals surface area contributed by atoms with E-state index in [0.29, 0.717) is 21.9 Å². The van der Waals surface area contributed by atoms with Gasteiger partial charge in [-0.15, -0.1) is 11.3 Å². The number of carbonyl (C=O) groups excluding carboxylic acids is 2. The van der Waals surface area contributed by atoms with Crippen LogP contribution >= 0.6 is 11.3 Å². The molecule has 0 bridgehead atoms. The fourth-order valence-corrected chi connectivity index (χ4v) is 3.47. The van der Waals surface area contributed by atoms with Crippen LogP contribution < -0.4 is 10.1 Å². The van der Waals surface area contributed by atoms with E-state index in [1.165, 1.54) is 37.8 Å². The van der Waals surface area contributed by atoms with Crippen molar-refractivity contribution in [3.63, 3.8) is 0 Å². The summed E-state index contributed by atoms with van der Waals surface area (Å²) in [6, 6.07) is 12.1.